The summed E-state index contributed by atoms with van der Waals surface area (Å²) in [5.74, 6) is 0.00798. The average molecular weight is 339 g/mol. The molecule has 1 aromatic rings. The Kier molecular flexibility index (Phi) is 6.47. The Morgan fingerprint density at radius 3 is 2.76 bits per heavy atom. The number of nitrogens with one attached hydrogen (secondary N) is 1. The summed E-state index contributed by atoms with van der Waals surface area (Å²) in [6.07, 6.45) is 8.66. The first-order chi connectivity index (χ1) is 12.0. The van der Waals surface area contributed by atoms with Gasteiger partial charge in [0, 0.05) is 12.1 Å². The highest BCUT2D eigenvalue weighted by molar-refractivity contribution is 5.97. The summed E-state index contributed by atoms with van der Waals surface area (Å²) in [6, 6.07) is 8.29. The molecule has 0 aliphatic heterocycles. The van der Waals surface area contributed by atoms with Gasteiger partial charge in [-0.2, -0.15) is 5.26 Å². The molecule has 0 spiro atoms. The van der Waals surface area contributed by atoms with Crippen molar-refractivity contribution in [2.45, 2.75) is 38.6 Å². The molecule has 0 heterocycles. The molecular weight excluding hydrogens is 318 g/mol. The highest BCUT2D eigenvalue weighted by Crippen LogP contribution is 2.24. The lowest BCUT2D eigenvalue weighted by atomic mass is 9.86. The van der Waals surface area contributed by atoms with E-state index >= 15 is 0 Å². The Labute approximate surface area is 147 Å². The van der Waals surface area contributed by atoms with Gasteiger partial charge in [-0.25, -0.2) is 0 Å². The number of benzene rings is 1. The van der Waals surface area contributed by atoms with Crippen LogP contribution in [0.1, 0.15) is 38.2 Å². The monoisotopic (exact) mass is 339 g/mol. The van der Waals surface area contributed by atoms with Crippen LogP contribution in [0.3, 0.4) is 0 Å². The number of amides is 1. The molecular formula is C19H21N3O3. The van der Waals surface area contributed by atoms with Crippen LogP contribution in [0.15, 0.2) is 42.0 Å². The first-order valence-electron chi connectivity index (χ1n) is 8.35. The summed E-state index contributed by atoms with van der Waals surface area (Å²) in [5, 5.41) is 23.1. The molecule has 1 aromatic carbocycles. The van der Waals surface area contributed by atoms with Gasteiger partial charge < -0.3 is 5.32 Å². The number of nitro groups is 1. The van der Waals surface area contributed by atoms with Gasteiger partial charge in [-0.05, 0) is 37.0 Å². The molecule has 1 saturated carbocycles. The van der Waals surface area contributed by atoms with Crippen molar-refractivity contribution >= 4 is 17.7 Å². The topological polar surface area (TPSA) is 96.0 Å². The van der Waals surface area contributed by atoms with Gasteiger partial charge >= 0.3 is 0 Å². The predicted octanol–water partition coefficient (Wildman–Crippen LogP) is 3.75. The molecule has 6 nitrogen and oxygen atoms in total. The van der Waals surface area contributed by atoms with Crippen molar-refractivity contribution in [2.24, 2.45) is 5.92 Å². The first-order valence-corrected chi connectivity index (χ1v) is 8.35. The van der Waals surface area contributed by atoms with Crippen LogP contribution in [-0.2, 0) is 4.79 Å². The molecule has 0 unspecified atom stereocenters. The number of para-hydroxylation sites is 1. The quantitative estimate of drug-likeness (QED) is 0.290. The molecule has 130 valence electrons. The molecule has 0 saturated heterocycles. The second kappa shape index (κ2) is 8.78. The molecule has 1 aliphatic rings. The summed E-state index contributed by atoms with van der Waals surface area (Å²) in [4.78, 5) is 22.8. The fraction of sp³-hybridized carbons (Fsp3) is 0.368. The second-order valence-corrected chi connectivity index (χ2v) is 6.21. The van der Waals surface area contributed by atoms with Crippen molar-refractivity contribution in [1.82, 2.24) is 5.32 Å². The lowest BCUT2D eigenvalue weighted by molar-refractivity contribution is -0.385. The second-order valence-electron chi connectivity index (χ2n) is 6.21. The summed E-state index contributed by atoms with van der Waals surface area (Å²) in [7, 11) is 0. The van der Waals surface area contributed by atoms with Gasteiger partial charge in [0.25, 0.3) is 11.6 Å². The fourth-order valence-corrected chi connectivity index (χ4v) is 2.98. The maximum Gasteiger partial charge on any atom is 0.276 e. The zero-order chi connectivity index (χ0) is 18.2. The number of carbonyl (C=O) groups is 1. The number of carbonyl (C=O) groups excluding carboxylic acids is 1. The molecule has 1 aliphatic carbocycles. The van der Waals surface area contributed by atoms with E-state index in [4.69, 9.17) is 0 Å². The molecule has 1 fully saturated rings. The molecule has 25 heavy (non-hydrogen) atoms. The number of hydrogen-bond donors (Lipinski definition) is 1. The fourth-order valence-electron chi connectivity index (χ4n) is 2.98. The van der Waals surface area contributed by atoms with Crippen LogP contribution in [0.5, 0.6) is 0 Å². The van der Waals surface area contributed by atoms with Crippen LogP contribution in [0, 0.1) is 27.4 Å². The smallest absolute Gasteiger partial charge is 0.276 e. The largest absolute Gasteiger partial charge is 0.348 e. The van der Waals surface area contributed by atoms with Crippen LogP contribution in [0.4, 0.5) is 5.69 Å². The van der Waals surface area contributed by atoms with Gasteiger partial charge in [-0.1, -0.05) is 38.0 Å². The summed E-state index contributed by atoms with van der Waals surface area (Å²) < 4.78 is 0. The maximum atomic E-state index is 12.3. The molecule has 2 rings (SSSR count). The molecule has 0 aromatic heterocycles. The lowest BCUT2D eigenvalue weighted by Crippen LogP contribution is -2.41. The Bertz CT molecular complexity index is 747. The maximum absolute atomic E-state index is 12.3. The number of allylic oxidation sites excluding steroid dienone is 2. The van der Waals surface area contributed by atoms with Crippen molar-refractivity contribution in [3.05, 3.63) is 57.7 Å². The first kappa shape index (κ1) is 18.4. The van der Waals surface area contributed by atoms with E-state index in [-0.39, 0.29) is 17.3 Å². The van der Waals surface area contributed by atoms with E-state index in [0.29, 0.717) is 11.5 Å². The zero-order valence-electron chi connectivity index (χ0n) is 14.1. The van der Waals surface area contributed by atoms with Crippen molar-refractivity contribution < 1.29 is 9.72 Å². The van der Waals surface area contributed by atoms with Gasteiger partial charge in [-0.15, -0.1) is 0 Å². The minimum Gasteiger partial charge on any atom is -0.348 e. The molecule has 1 amide bonds. The highest BCUT2D eigenvalue weighted by Gasteiger charge is 2.23. The van der Waals surface area contributed by atoms with Gasteiger partial charge in [-0.3, -0.25) is 14.9 Å². The SMILES string of the molecule is C[C@@H]1CCCC[C@H]1NC(=O)/C(C#N)=C/C=C/c1ccccc1[N+](=O)[O-]. The Morgan fingerprint density at radius 2 is 2.08 bits per heavy atom. The minimum atomic E-state index is -0.467. The molecule has 1 N–H and O–H groups in total. The van der Waals surface area contributed by atoms with Crippen LogP contribution in [0.25, 0.3) is 6.08 Å². The summed E-state index contributed by atoms with van der Waals surface area (Å²) in [5.41, 5.74) is 0.390. The Morgan fingerprint density at radius 1 is 1.36 bits per heavy atom. The predicted molar refractivity (Wildman–Crippen MR) is 95.4 cm³/mol. The van der Waals surface area contributed by atoms with E-state index in [9.17, 15) is 20.2 Å². The van der Waals surface area contributed by atoms with Crippen molar-refractivity contribution in [3.63, 3.8) is 0 Å². The summed E-state index contributed by atoms with van der Waals surface area (Å²) >= 11 is 0. The van der Waals surface area contributed by atoms with E-state index in [1.165, 1.54) is 30.7 Å². The molecule has 6 heteroatoms. The third-order valence-electron chi connectivity index (χ3n) is 4.47. The standard InChI is InChI=1S/C19H21N3O3/c1-14-7-2-4-11-17(14)21-19(23)16(13-20)10-6-9-15-8-3-5-12-18(15)22(24)25/h3,5-6,8-10,12,14,17H,2,4,7,11H2,1H3,(H,21,23)/b9-6+,16-10+/t14-,17-/m1/s1. The number of rotatable bonds is 5. The van der Waals surface area contributed by atoms with E-state index < -0.39 is 10.8 Å². The highest BCUT2D eigenvalue weighted by atomic mass is 16.6. The number of hydrogen-bond acceptors (Lipinski definition) is 4. The Hall–Kier alpha value is -2.94. The van der Waals surface area contributed by atoms with Crippen molar-refractivity contribution in [1.29, 1.82) is 5.26 Å². The van der Waals surface area contributed by atoms with Crippen LogP contribution in [0.2, 0.25) is 0 Å². The molecule has 2 atom stereocenters. The van der Waals surface area contributed by atoms with Gasteiger partial charge in [0.15, 0.2) is 0 Å². The number of nitriles is 1. The van der Waals surface area contributed by atoms with Gasteiger partial charge in [0.2, 0.25) is 0 Å². The molecule has 0 radical (unpaired) electrons. The van der Waals surface area contributed by atoms with E-state index in [1.807, 2.05) is 6.07 Å². The van der Waals surface area contributed by atoms with Gasteiger partial charge in [0.1, 0.15) is 11.6 Å². The van der Waals surface area contributed by atoms with Crippen molar-refractivity contribution in [3.8, 4) is 6.07 Å². The Balaban J connectivity index is 2.08. The summed E-state index contributed by atoms with van der Waals surface area (Å²) in [6.45, 7) is 2.11. The number of nitro benzene ring substituents is 1. The lowest BCUT2D eigenvalue weighted by Gasteiger charge is -2.29. The van der Waals surface area contributed by atoms with Crippen LogP contribution >= 0.6 is 0 Å². The third-order valence-corrected chi connectivity index (χ3v) is 4.47. The number of nitrogens with zero attached hydrogens (tertiary/aromatic N) is 2. The average Bonchev–Trinajstić information content (AvgIpc) is 2.61. The molecule has 0 bridgehead atoms. The van der Waals surface area contributed by atoms with Crippen molar-refractivity contribution in [2.75, 3.05) is 0 Å². The van der Waals surface area contributed by atoms with E-state index in [1.54, 1.807) is 18.2 Å². The normalized spacial score (nSPS) is 20.9. The minimum absolute atomic E-state index is 0.00684. The zero-order valence-corrected chi connectivity index (χ0v) is 14.1. The van der Waals surface area contributed by atoms with Crippen LogP contribution in [-0.4, -0.2) is 16.9 Å². The van der Waals surface area contributed by atoms with Gasteiger partial charge in [0.05, 0.1) is 10.5 Å². The van der Waals surface area contributed by atoms with E-state index in [2.05, 4.69) is 12.2 Å². The third kappa shape index (κ3) is 5.01. The van der Waals surface area contributed by atoms with Crippen LogP contribution < -0.4 is 5.32 Å². The van der Waals surface area contributed by atoms with E-state index in [0.717, 1.165) is 19.3 Å².